The van der Waals surface area contributed by atoms with Gasteiger partial charge in [0.25, 0.3) is 5.91 Å². The van der Waals surface area contributed by atoms with Gasteiger partial charge in [0.1, 0.15) is 5.69 Å². The smallest absolute Gasteiger partial charge is 0.272 e. The van der Waals surface area contributed by atoms with Crippen molar-refractivity contribution < 1.29 is 4.79 Å². The fraction of sp³-hybridized carbons (Fsp3) is 0. The third-order valence-electron chi connectivity index (χ3n) is 3.91. The van der Waals surface area contributed by atoms with E-state index in [0.29, 0.717) is 16.6 Å². The van der Waals surface area contributed by atoms with Crippen molar-refractivity contribution in [2.45, 2.75) is 0 Å². The summed E-state index contributed by atoms with van der Waals surface area (Å²) in [5.74, 6) is -0.367. The van der Waals surface area contributed by atoms with E-state index in [1.165, 1.54) is 6.07 Å². The predicted molar refractivity (Wildman–Crippen MR) is 94.3 cm³/mol. The lowest BCUT2D eigenvalue weighted by atomic mass is 10.1. The average molecular weight is 315 g/mol. The maximum atomic E-state index is 12.4. The van der Waals surface area contributed by atoms with Crippen LogP contribution >= 0.6 is 0 Å². The molecule has 2 heterocycles. The molecule has 24 heavy (non-hydrogen) atoms. The first-order chi connectivity index (χ1) is 11.7. The Hall–Kier alpha value is -3.47. The van der Waals surface area contributed by atoms with Gasteiger partial charge in [0.15, 0.2) is 5.43 Å². The van der Waals surface area contributed by atoms with Gasteiger partial charge in [-0.3, -0.25) is 14.6 Å². The highest BCUT2D eigenvalue weighted by Crippen LogP contribution is 2.22. The Morgan fingerprint density at radius 1 is 0.958 bits per heavy atom. The van der Waals surface area contributed by atoms with E-state index in [4.69, 9.17) is 0 Å². The number of anilines is 1. The van der Waals surface area contributed by atoms with Gasteiger partial charge < -0.3 is 10.3 Å². The molecule has 5 heteroatoms. The SMILES string of the molecule is O=C(Nc1ccncc1)c1cc(=O)c2ccc3ccccc3c2[nH]1. The molecule has 1 amide bonds. The van der Waals surface area contributed by atoms with Crippen molar-refractivity contribution in [2.75, 3.05) is 5.32 Å². The van der Waals surface area contributed by atoms with E-state index < -0.39 is 0 Å². The maximum Gasteiger partial charge on any atom is 0.272 e. The van der Waals surface area contributed by atoms with E-state index >= 15 is 0 Å². The number of fused-ring (bicyclic) bond motifs is 3. The molecule has 0 fully saturated rings. The van der Waals surface area contributed by atoms with Gasteiger partial charge in [-0.05, 0) is 23.6 Å². The molecule has 0 aliphatic heterocycles. The molecular weight excluding hydrogens is 302 g/mol. The molecule has 4 rings (SSSR count). The molecule has 0 radical (unpaired) electrons. The van der Waals surface area contributed by atoms with Gasteiger partial charge in [-0.2, -0.15) is 0 Å². The summed E-state index contributed by atoms with van der Waals surface area (Å²) in [6.07, 6.45) is 3.18. The van der Waals surface area contributed by atoms with Gasteiger partial charge in [-0.15, -0.1) is 0 Å². The monoisotopic (exact) mass is 315 g/mol. The minimum atomic E-state index is -0.367. The molecule has 0 unspecified atom stereocenters. The van der Waals surface area contributed by atoms with Crippen molar-refractivity contribution >= 4 is 33.3 Å². The Labute approximate surface area is 137 Å². The van der Waals surface area contributed by atoms with Crippen molar-refractivity contribution in [3.8, 4) is 0 Å². The number of benzene rings is 2. The molecule has 116 valence electrons. The Morgan fingerprint density at radius 3 is 2.58 bits per heavy atom. The highest BCUT2D eigenvalue weighted by Gasteiger charge is 2.11. The number of amides is 1. The van der Waals surface area contributed by atoms with Crippen LogP contribution in [0, 0.1) is 0 Å². The third-order valence-corrected chi connectivity index (χ3v) is 3.91. The maximum absolute atomic E-state index is 12.4. The summed E-state index contributed by atoms with van der Waals surface area (Å²) in [5, 5.41) is 5.23. The lowest BCUT2D eigenvalue weighted by Gasteiger charge is -2.08. The van der Waals surface area contributed by atoms with E-state index in [1.54, 1.807) is 30.6 Å². The van der Waals surface area contributed by atoms with Crippen molar-refractivity contribution in [2.24, 2.45) is 0 Å². The van der Waals surface area contributed by atoms with Crippen LogP contribution in [0.4, 0.5) is 5.69 Å². The van der Waals surface area contributed by atoms with E-state index in [9.17, 15) is 9.59 Å². The molecule has 2 aromatic carbocycles. The predicted octanol–water partition coefficient (Wildman–Crippen LogP) is 3.33. The molecule has 0 spiro atoms. The minimum Gasteiger partial charge on any atom is -0.350 e. The number of nitrogens with one attached hydrogen (secondary N) is 2. The van der Waals surface area contributed by atoms with Gasteiger partial charge >= 0.3 is 0 Å². The Bertz CT molecular complexity index is 1120. The minimum absolute atomic E-state index is 0.186. The molecule has 5 nitrogen and oxygen atoms in total. The lowest BCUT2D eigenvalue weighted by Crippen LogP contribution is -2.17. The Kier molecular flexibility index (Phi) is 3.31. The lowest BCUT2D eigenvalue weighted by molar-refractivity contribution is 0.102. The van der Waals surface area contributed by atoms with Crippen LogP contribution in [0.5, 0.6) is 0 Å². The summed E-state index contributed by atoms with van der Waals surface area (Å²) in [4.78, 5) is 31.8. The van der Waals surface area contributed by atoms with Gasteiger partial charge in [0.2, 0.25) is 0 Å². The largest absolute Gasteiger partial charge is 0.350 e. The molecule has 4 aromatic rings. The second kappa shape index (κ2) is 5.62. The zero-order valence-electron chi connectivity index (χ0n) is 12.6. The Balaban J connectivity index is 1.86. The topological polar surface area (TPSA) is 74.8 Å². The summed E-state index contributed by atoms with van der Waals surface area (Å²) in [6.45, 7) is 0. The van der Waals surface area contributed by atoms with Crippen LogP contribution in [0.1, 0.15) is 10.5 Å². The molecule has 2 N–H and O–H groups in total. The highest BCUT2D eigenvalue weighted by atomic mass is 16.2. The van der Waals surface area contributed by atoms with Crippen LogP contribution in [-0.2, 0) is 0 Å². The van der Waals surface area contributed by atoms with Gasteiger partial charge in [-0.25, -0.2) is 0 Å². The molecular formula is C19H13N3O2. The van der Waals surface area contributed by atoms with Crippen LogP contribution < -0.4 is 10.7 Å². The van der Waals surface area contributed by atoms with Crippen LogP contribution in [0.2, 0.25) is 0 Å². The first-order valence-corrected chi connectivity index (χ1v) is 7.48. The number of H-pyrrole nitrogens is 1. The summed E-state index contributed by atoms with van der Waals surface area (Å²) < 4.78 is 0. The van der Waals surface area contributed by atoms with E-state index in [2.05, 4.69) is 15.3 Å². The van der Waals surface area contributed by atoms with Crippen LogP contribution in [0.15, 0.2) is 71.8 Å². The van der Waals surface area contributed by atoms with E-state index in [0.717, 1.165) is 10.8 Å². The quantitative estimate of drug-likeness (QED) is 0.557. The van der Waals surface area contributed by atoms with Gasteiger partial charge in [-0.1, -0.05) is 30.3 Å². The third kappa shape index (κ3) is 2.42. The summed E-state index contributed by atoms with van der Waals surface area (Å²) in [7, 11) is 0. The number of nitrogens with zero attached hydrogens (tertiary/aromatic N) is 1. The first kappa shape index (κ1) is 14.1. The molecule has 0 bridgehead atoms. The number of hydrogen-bond donors (Lipinski definition) is 2. The second-order valence-electron chi connectivity index (χ2n) is 5.45. The molecule has 0 atom stereocenters. The summed E-state index contributed by atoms with van der Waals surface area (Å²) >= 11 is 0. The number of carbonyl (C=O) groups is 1. The zero-order valence-corrected chi connectivity index (χ0v) is 12.6. The normalized spacial score (nSPS) is 10.8. The van der Waals surface area contributed by atoms with Crippen LogP contribution in [0.25, 0.3) is 21.7 Å². The summed E-state index contributed by atoms with van der Waals surface area (Å²) in [5.41, 5.74) is 1.32. The molecule has 0 aliphatic rings. The van der Waals surface area contributed by atoms with Gasteiger partial charge in [0, 0.05) is 34.9 Å². The first-order valence-electron chi connectivity index (χ1n) is 7.48. The zero-order chi connectivity index (χ0) is 16.5. The standard InChI is InChI=1S/C19H13N3O2/c23-17-11-16(19(24)21-13-7-9-20-10-8-13)22-18-14-4-2-1-3-12(14)5-6-15(17)18/h1-11H,(H,22,23)(H,20,21,24). The molecule has 2 aromatic heterocycles. The number of hydrogen-bond acceptors (Lipinski definition) is 3. The molecule has 0 aliphatic carbocycles. The fourth-order valence-corrected chi connectivity index (χ4v) is 2.75. The Morgan fingerprint density at radius 2 is 1.75 bits per heavy atom. The fourth-order valence-electron chi connectivity index (χ4n) is 2.75. The van der Waals surface area contributed by atoms with Gasteiger partial charge in [0.05, 0.1) is 5.52 Å². The second-order valence-corrected chi connectivity index (χ2v) is 5.45. The highest BCUT2D eigenvalue weighted by molar-refractivity contribution is 6.08. The van der Waals surface area contributed by atoms with Crippen LogP contribution in [0.3, 0.4) is 0 Å². The van der Waals surface area contributed by atoms with E-state index in [-0.39, 0.29) is 17.0 Å². The molecule has 0 saturated heterocycles. The number of pyridine rings is 2. The number of aromatic amines is 1. The van der Waals surface area contributed by atoms with Crippen molar-refractivity contribution in [3.63, 3.8) is 0 Å². The van der Waals surface area contributed by atoms with Crippen molar-refractivity contribution in [3.05, 3.63) is 82.9 Å². The van der Waals surface area contributed by atoms with Crippen LogP contribution in [-0.4, -0.2) is 15.9 Å². The van der Waals surface area contributed by atoms with E-state index in [1.807, 2.05) is 30.3 Å². The average Bonchev–Trinajstić information content (AvgIpc) is 2.62. The molecule has 0 saturated carbocycles. The summed E-state index contributed by atoms with van der Waals surface area (Å²) in [6, 6.07) is 16.1. The number of rotatable bonds is 2. The number of carbonyl (C=O) groups excluding carboxylic acids is 1. The van der Waals surface area contributed by atoms with Crippen molar-refractivity contribution in [1.82, 2.24) is 9.97 Å². The van der Waals surface area contributed by atoms with Crippen molar-refractivity contribution in [1.29, 1.82) is 0 Å². The number of aromatic nitrogens is 2.